The van der Waals surface area contributed by atoms with Gasteiger partial charge in [-0.2, -0.15) is 0 Å². The van der Waals surface area contributed by atoms with Crippen LogP contribution < -0.4 is 5.32 Å². The largest absolute Gasteiger partial charge is 0.352 e. The Balaban J connectivity index is 1.69. The van der Waals surface area contributed by atoms with Gasteiger partial charge in [0.25, 0.3) is 0 Å². The predicted octanol–water partition coefficient (Wildman–Crippen LogP) is 2.92. The Morgan fingerprint density at radius 2 is 2.22 bits per heavy atom. The van der Waals surface area contributed by atoms with Gasteiger partial charge < -0.3 is 5.32 Å². The van der Waals surface area contributed by atoms with Crippen molar-refractivity contribution in [3.05, 3.63) is 52.2 Å². The molecule has 23 heavy (non-hydrogen) atoms. The van der Waals surface area contributed by atoms with E-state index in [1.165, 1.54) is 0 Å². The van der Waals surface area contributed by atoms with Crippen molar-refractivity contribution in [2.45, 2.75) is 0 Å². The van der Waals surface area contributed by atoms with E-state index in [1.807, 2.05) is 6.08 Å². The van der Waals surface area contributed by atoms with Gasteiger partial charge in [0.1, 0.15) is 6.61 Å². The number of guanidine groups is 1. The number of halogens is 2. The molecule has 1 aromatic rings. The van der Waals surface area contributed by atoms with Crippen molar-refractivity contribution < 1.29 is 10.0 Å². The van der Waals surface area contributed by atoms with E-state index in [4.69, 9.17) is 28.0 Å². The van der Waals surface area contributed by atoms with Crippen molar-refractivity contribution in [2.24, 2.45) is 4.99 Å². The summed E-state index contributed by atoms with van der Waals surface area (Å²) in [4.78, 5) is 10.1. The number of hydrogen-bond donors (Lipinski definition) is 1. The molecular weight excluding hydrogens is 339 g/mol. The van der Waals surface area contributed by atoms with Gasteiger partial charge in [-0.25, -0.2) is 15.1 Å². The Hall–Kier alpha value is -1.73. The maximum absolute atomic E-state index is 11.7. The van der Waals surface area contributed by atoms with Crippen LogP contribution in [0.15, 0.2) is 47.1 Å². The quantitative estimate of drug-likeness (QED) is 0.903. The molecule has 0 saturated carbocycles. The zero-order valence-corrected chi connectivity index (χ0v) is 13.7. The van der Waals surface area contributed by atoms with Crippen LogP contribution in [0.4, 0.5) is 5.69 Å². The second-order valence-electron chi connectivity index (χ2n) is 4.98. The minimum Gasteiger partial charge on any atom is -0.352 e. The lowest BCUT2D eigenvalue weighted by molar-refractivity contribution is -0.148. The van der Waals surface area contributed by atoms with E-state index in [2.05, 4.69) is 10.3 Å². The third-order valence-corrected chi connectivity index (χ3v) is 3.89. The number of hydrogen-bond acceptors (Lipinski definition) is 3. The maximum Gasteiger partial charge on any atom is 0.223 e. The minimum atomic E-state index is 0.183. The lowest BCUT2D eigenvalue weighted by Gasteiger charge is -2.22. The Kier molecular flexibility index (Phi) is 5.07. The van der Waals surface area contributed by atoms with Crippen molar-refractivity contribution in [3.8, 4) is 0 Å². The van der Waals surface area contributed by atoms with Crippen molar-refractivity contribution >= 4 is 34.8 Å². The normalized spacial score (nSPS) is 19.3. The molecule has 2 heterocycles. The lowest BCUT2D eigenvalue weighted by Crippen LogP contribution is -2.33. The van der Waals surface area contributed by atoms with Crippen molar-refractivity contribution in [1.29, 1.82) is 0 Å². The molecule has 121 valence electrons. The monoisotopic (exact) mass is 353 g/mol. The summed E-state index contributed by atoms with van der Waals surface area (Å²) < 4.78 is 0. The summed E-state index contributed by atoms with van der Waals surface area (Å²) >= 11 is 12.0. The highest BCUT2D eigenvalue weighted by Gasteiger charge is 2.21. The summed E-state index contributed by atoms with van der Waals surface area (Å²) in [5, 5.41) is 18.3. The fourth-order valence-electron chi connectivity index (χ4n) is 2.17. The van der Waals surface area contributed by atoms with Crippen LogP contribution >= 0.6 is 23.2 Å². The van der Waals surface area contributed by atoms with Crippen molar-refractivity contribution in [3.63, 3.8) is 0 Å². The fraction of sp³-hybridized carbons (Fsp3) is 0.267. The highest BCUT2D eigenvalue weighted by Crippen LogP contribution is 2.28. The average molecular weight is 354 g/mol. The first-order valence-electron chi connectivity index (χ1n) is 7.12. The van der Waals surface area contributed by atoms with E-state index < -0.39 is 0 Å². The number of rotatable bonds is 4. The van der Waals surface area contributed by atoms with E-state index in [0.717, 1.165) is 5.06 Å². The maximum atomic E-state index is 11.7. The van der Waals surface area contributed by atoms with Crippen LogP contribution in [0.3, 0.4) is 0 Å². The summed E-state index contributed by atoms with van der Waals surface area (Å²) in [5.74, 6) is 0.554. The van der Waals surface area contributed by atoms with Crippen LogP contribution in [0.2, 0.25) is 10.0 Å². The smallest absolute Gasteiger partial charge is 0.223 e. The third-order valence-electron chi connectivity index (χ3n) is 3.35. The van der Waals surface area contributed by atoms with Crippen LogP contribution in [0, 0.1) is 0 Å². The molecule has 8 heteroatoms. The van der Waals surface area contributed by atoms with Gasteiger partial charge in [0.2, 0.25) is 5.96 Å². The second kappa shape index (κ2) is 7.23. The highest BCUT2D eigenvalue weighted by molar-refractivity contribution is 6.36. The van der Waals surface area contributed by atoms with E-state index >= 15 is 0 Å². The average Bonchev–Trinajstić information content (AvgIpc) is 2.96. The first kappa shape index (κ1) is 16.1. The molecule has 0 unspecified atom stereocenters. The zero-order chi connectivity index (χ0) is 16.2. The molecule has 1 radical (unpaired) electrons. The molecule has 1 aromatic carbocycles. The van der Waals surface area contributed by atoms with Gasteiger partial charge in [-0.15, -0.1) is 0 Å². The number of hydroxylamine groups is 4. The molecule has 2 aliphatic heterocycles. The molecule has 0 aliphatic carbocycles. The highest BCUT2D eigenvalue weighted by atomic mass is 35.5. The Labute approximate surface area is 144 Å². The Morgan fingerprint density at radius 3 is 3.00 bits per heavy atom. The van der Waals surface area contributed by atoms with Gasteiger partial charge in [0.05, 0.1) is 29.5 Å². The van der Waals surface area contributed by atoms with Crippen LogP contribution in [-0.4, -0.2) is 42.3 Å². The molecule has 0 amide bonds. The molecule has 0 atom stereocenters. The molecule has 0 bridgehead atoms. The van der Waals surface area contributed by atoms with E-state index in [9.17, 15) is 5.21 Å². The first-order valence-corrected chi connectivity index (χ1v) is 7.87. The number of benzene rings is 1. The summed E-state index contributed by atoms with van der Waals surface area (Å²) in [5.41, 5.74) is 1.17. The number of allylic oxidation sites excluding steroid dienone is 2. The first-order chi connectivity index (χ1) is 11.1. The molecule has 6 nitrogen and oxygen atoms in total. The molecule has 1 saturated heterocycles. The number of nitrogens with zero attached hydrogens (tertiary/aromatic N) is 3. The van der Waals surface area contributed by atoms with Crippen LogP contribution in [0.25, 0.3) is 0 Å². The molecular formula is C15H15Cl2N4O2. The Bertz CT molecular complexity index is 675. The van der Waals surface area contributed by atoms with E-state index in [1.54, 1.807) is 35.4 Å². The van der Waals surface area contributed by atoms with Gasteiger partial charge in [0.15, 0.2) is 0 Å². The van der Waals surface area contributed by atoms with Gasteiger partial charge in [0, 0.05) is 11.6 Å². The lowest BCUT2D eigenvalue weighted by atomic mass is 10.3. The summed E-state index contributed by atoms with van der Waals surface area (Å²) in [6, 6.07) is 5.10. The molecule has 0 spiro atoms. The molecule has 2 aliphatic rings. The topological polar surface area (TPSA) is 60.0 Å². The summed E-state index contributed by atoms with van der Waals surface area (Å²) in [6.07, 6.45) is 5.38. The minimum absolute atomic E-state index is 0.183. The van der Waals surface area contributed by atoms with Gasteiger partial charge >= 0.3 is 0 Å². The van der Waals surface area contributed by atoms with Gasteiger partial charge in [-0.1, -0.05) is 40.6 Å². The van der Waals surface area contributed by atoms with Gasteiger partial charge in [-0.3, -0.25) is 4.84 Å². The van der Waals surface area contributed by atoms with E-state index in [0.29, 0.717) is 47.0 Å². The fourth-order valence-corrected chi connectivity index (χ4v) is 2.62. The predicted molar refractivity (Wildman–Crippen MR) is 88.8 cm³/mol. The van der Waals surface area contributed by atoms with E-state index in [-0.39, 0.29) is 6.61 Å². The SMILES string of the molecule is [O]N1CC=CC=C1CON1CCNC1=Nc1ccc(Cl)cc1Cl. The number of nitrogens with one attached hydrogen (secondary N) is 1. The molecule has 3 rings (SSSR count). The van der Waals surface area contributed by atoms with Crippen LogP contribution in [0.1, 0.15) is 0 Å². The summed E-state index contributed by atoms with van der Waals surface area (Å²) in [7, 11) is 0. The Morgan fingerprint density at radius 1 is 1.35 bits per heavy atom. The van der Waals surface area contributed by atoms with Crippen LogP contribution in [0.5, 0.6) is 0 Å². The van der Waals surface area contributed by atoms with Gasteiger partial charge in [-0.05, 0) is 24.3 Å². The van der Waals surface area contributed by atoms with Crippen LogP contribution in [-0.2, 0) is 10.0 Å². The molecule has 1 N–H and O–H groups in total. The standard InChI is InChI=1S/C15H15Cl2N4O2/c16-11-4-5-14(13(17)9-11)19-15-18-6-8-21(15)23-10-12-3-1-2-7-20(12)22/h1-5,9H,6-8,10H2,(H,18,19). The number of aliphatic imine (C=N–C) groups is 1. The second-order valence-corrected chi connectivity index (χ2v) is 5.82. The third kappa shape index (κ3) is 3.97. The van der Waals surface area contributed by atoms with Crippen molar-refractivity contribution in [2.75, 3.05) is 26.2 Å². The zero-order valence-electron chi connectivity index (χ0n) is 12.2. The summed E-state index contributed by atoms with van der Waals surface area (Å²) in [6.45, 7) is 1.85. The molecule has 1 fully saturated rings. The molecule has 0 aromatic heterocycles. The van der Waals surface area contributed by atoms with Crippen molar-refractivity contribution in [1.82, 2.24) is 15.4 Å².